The first-order chi connectivity index (χ1) is 16.2. The molecule has 0 aromatic carbocycles. The molecule has 0 aromatic heterocycles. The standard InChI is InChI=1S/C32H66O/c1-5-8-11-14-16-18-19-20-21-23-25-27-30-32(4,33-31-28-13-10-7-3)29-26-24-22-17-15-12-9-6-2/h5-31H2,1-4H3. The molecule has 0 aliphatic heterocycles. The summed E-state index contributed by atoms with van der Waals surface area (Å²) in [7, 11) is 0. The van der Waals surface area contributed by atoms with Crippen molar-refractivity contribution in [3.05, 3.63) is 0 Å². The molecule has 1 atom stereocenters. The molecule has 0 aliphatic rings. The van der Waals surface area contributed by atoms with Crippen LogP contribution in [0.25, 0.3) is 0 Å². The molecule has 0 amide bonds. The molecular weight excluding hydrogens is 400 g/mol. The third-order valence-electron chi connectivity index (χ3n) is 7.57. The van der Waals surface area contributed by atoms with Crippen LogP contribution in [0, 0.1) is 0 Å². The minimum Gasteiger partial charge on any atom is -0.375 e. The van der Waals surface area contributed by atoms with E-state index in [9.17, 15) is 0 Å². The highest BCUT2D eigenvalue weighted by Crippen LogP contribution is 2.27. The lowest BCUT2D eigenvalue weighted by molar-refractivity contribution is -0.0482. The van der Waals surface area contributed by atoms with Crippen LogP contribution in [0.3, 0.4) is 0 Å². The van der Waals surface area contributed by atoms with Crippen LogP contribution in [0.4, 0.5) is 0 Å². The van der Waals surface area contributed by atoms with Crippen LogP contribution in [0.1, 0.15) is 195 Å². The van der Waals surface area contributed by atoms with Gasteiger partial charge in [-0.1, -0.05) is 168 Å². The summed E-state index contributed by atoms with van der Waals surface area (Å²) in [6.07, 6.45) is 36.3. The molecule has 0 aromatic rings. The molecule has 0 spiro atoms. The van der Waals surface area contributed by atoms with Crippen molar-refractivity contribution in [2.24, 2.45) is 0 Å². The fraction of sp³-hybridized carbons (Fsp3) is 1.00. The van der Waals surface area contributed by atoms with E-state index < -0.39 is 0 Å². The summed E-state index contributed by atoms with van der Waals surface area (Å²) in [6.45, 7) is 10.3. The molecule has 1 nitrogen and oxygen atoms in total. The quantitative estimate of drug-likeness (QED) is 0.104. The molecule has 0 radical (unpaired) electrons. The zero-order valence-corrected chi connectivity index (χ0v) is 24.0. The van der Waals surface area contributed by atoms with Gasteiger partial charge in [-0.2, -0.15) is 0 Å². The largest absolute Gasteiger partial charge is 0.375 e. The molecular formula is C32H66O. The maximum absolute atomic E-state index is 6.54. The van der Waals surface area contributed by atoms with E-state index in [2.05, 4.69) is 27.7 Å². The molecule has 0 rings (SSSR count). The summed E-state index contributed by atoms with van der Waals surface area (Å²) in [4.78, 5) is 0. The molecule has 33 heavy (non-hydrogen) atoms. The average molecular weight is 467 g/mol. The van der Waals surface area contributed by atoms with Gasteiger partial charge < -0.3 is 4.74 Å². The fourth-order valence-corrected chi connectivity index (χ4v) is 5.09. The molecule has 0 saturated heterocycles. The van der Waals surface area contributed by atoms with Crippen molar-refractivity contribution >= 4 is 0 Å². The van der Waals surface area contributed by atoms with E-state index in [0.717, 1.165) is 6.61 Å². The van der Waals surface area contributed by atoms with Gasteiger partial charge in [-0.3, -0.25) is 0 Å². The van der Waals surface area contributed by atoms with E-state index >= 15 is 0 Å². The molecule has 0 bridgehead atoms. The summed E-state index contributed by atoms with van der Waals surface area (Å²) in [5.41, 5.74) is 0.132. The Morgan fingerprint density at radius 2 is 0.636 bits per heavy atom. The van der Waals surface area contributed by atoms with Crippen LogP contribution in [0.5, 0.6) is 0 Å². The predicted molar refractivity (Wildman–Crippen MR) is 151 cm³/mol. The van der Waals surface area contributed by atoms with Gasteiger partial charge in [0.15, 0.2) is 0 Å². The van der Waals surface area contributed by atoms with Gasteiger partial charge in [0.05, 0.1) is 5.60 Å². The van der Waals surface area contributed by atoms with E-state index in [1.165, 1.54) is 167 Å². The van der Waals surface area contributed by atoms with Crippen LogP contribution < -0.4 is 0 Å². The SMILES string of the molecule is CCCCCCCCCCCCCCC(C)(CCCCCCCCCC)OCCCCCC. The summed E-state index contributed by atoms with van der Waals surface area (Å²) in [6, 6.07) is 0. The minimum absolute atomic E-state index is 0.132. The van der Waals surface area contributed by atoms with Gasteiger partial charge in [-0.25, -0.2) is 0 Å². The molecule has 0 N–H and O–H groups in total. The second-order valence-corrected chi connectivity index (χ2v) is 11.2. The number of hydrogen-bond donors (Lipinski definition) is 0. The first-order valence-electron chi connectivity index (χ1n) is 15.8. The van der Waals surface area contributed by atoms with Gasteiger partial charge in [-0.05, 0) is 26.2 Å². The Morgan fingerprint density at radius 3 is 0.970 bits per heavy atom. The zero-order valence-electron chi connectivity index (χ0n) is 24.0. The molecule has 1 heteroatoms. The highest BCUT2D eigenvalue weighted by atomic mass is 16.5. The molecule has 0 aliphatic carbocycles. The topological polar surface area (TPSA) is 9.23 Å². The van der Waals surface area contributed by atoms with Crippen molar-refractivity contribution in [1.82, 2.24) is 0 Å². The molecule has 0 saturated carbocycles. The van der Waals surface area contributed by atoms with Crippen LogP contribution in [0.15, 0.2) is 0 Å². The van der Waals surface area contributed by atoms with E-state index in [1.807, 2.05) is 0 Å². The van der Waals surface area contributed by atoms with Crippen LogP contribution in [-0.4, -0.2) is 12.2 Å². The Bertz CT molecular complexity index is 352. The van der Waals surface area contributed by atoms with Gasteiger partial charge in [0.1, 0.15) is 0 Å². The fourth-order valence-electron chi connectivity index (χ4n) is 5.09. The van der Waals surface area contributed by atoms with E-state index in [4.69, 9.17) is 4.74 Å². The maximum Gasteiger partial charge on any atom is 0.0654 e. The summed E-state index contributed by atoms with van der Waals surface area (Å²) in [5.74, 6) is 0. The molecule has 200 valence electrons. The second-order valence-electron chi connectivity index (χ2n) is 11.2. The third kappa shape index (κ3) is 24.9. The van der Waals surface area contributed by atoms with Crippen LogP contribution >= 0.6 is 0 Å². The Hall–Kier alpha value is -0.0400. The average Bonchev–Trinajstić information content (AvgIpc) is 2.81. The number of ether oxygens (including phenoxy) is 1. The van der Waals surface area contributed by atoms with Crippen molar-refractivity contribution in [2.75, 3.05) is 6.61 Å². The van der Waals surface area contributed by atoms with Crippen molar-refractivity contribution in [1.29, 1.82) is 0 Å². The molecule has 0 fully saturated rings. The van der Waals surface area contributed by atoms with Crippen molar-refractivity contribution in [2.45, 2.75) is 200 Å². The maximum atomic E-state index is 6.54. The van der Waals surface area contributed by atoms with Gasteiger partial charge in [-0.15, -0.1) is 0 Å². The number of unbranched alkanes of at least 4 members (excludes halogenated alkanes) is 21. The monoisotopic (exact) mass is 467 g/mol. The van der Waals surface area contributed by atoms with E-state index in [0.29, 0.717) is 0 Å². The van der Waals surface area contributed by atoms with E-state index in [-0.39, 0.29) is 5.60 Å². The highest BCUT2D eigenvalue weighted by molar-refractivity contribution is 4.75. The Labute approximate surface area is 211 Å². The highest BCUT2D eigenvalue weighted by Gasteiger charge is 2.23. The Kier molecular flexibility index (Phi) is 26.5. The van der Waals surface area contributed by atoms with Gasteiger partial charge in [0.25, 0.3) is 0 Å². The summed E-state index contributed by atoms with van der Waals surface area (Å²) < 4.78 is 6.54. The van der Waals surface area contributed by atoms with Crippen molar-refractivity contribution < 1.29 is 4.74 Å². The predicted octanol–water partition coefficient (Wildman–Crippen LogP) is 12.0. The first-order valence-corrected chi connectivity index (χ1v) is 15.8. The third-order valence-corrected chi connectivity index (χ3v) is 7.57. The lowest BCUT2D eigenvalue weighted by Gasteiger charge is -2.30. The van der Waals surface area contributed by atoms with Crippen molar-refractivity contribution in [3.63, 3.8) is 0 Å². The molecule has 1 unspecified atom stereocenters. The van der Waals surface area contributed by atoms with Gasteiger partial charge in [0, 0.05) is 6.61 Å². The number of hydrogen-bond acceptors (Lipinski definition) is 1. The smallest absolute Gasteiger partial charge is 0.0654 e. The molecule has 0 heterocycles. The number of rotatable bonds is 28. The summed E-state index contributed by atoms with van der Waals surface area (Å²) >= 11 is 0. The normalized spacial score (nSPS) is 13.5. The Morgan fingerprint density at radius 1 is 0.364 bits per heavy atom. The first kappa shape index (κ1) is 33.0. The lowest BCUT2D eigenvalue weighted by Crippen LogP contribution is -2.29. The second kappa shape index (κ2) is 26.6. The zero-order chi connectivity index (χ0) is 24.3. The van der Waals surface area contributed by atoms with Gasteiger partial charge in [0.2, 0.25) is 0 Å². The minimum atomic E-state index is 0.132. The van der Waals surface area contributed by atoms with Crippen molar-refractivity contribution in [3.8, 4) is 0 Å². The van der Waals surface area contributed by atoms with E-state index in [1.54, 1.807) is 0 Å². The van der Waals surface area contributed by atoms with Gasteiger partial charge >= 0.3 is 0 Å². The Balaban J connectivity index is 3.91. The van der Waals surface area contributed by atoms with Crippen LogP contribution in [0.2, 0.25) is 0 Å². The summed E-state index contributed by atoms with van der Waals surface area (Å²) in [5, 5.41) is 0. The van der Waals surface area contributed by atoms with Crippen LogP contribution in [-0.2, 0) is 4.74 Å². The lowest BCUT2D eigenvalue weighted by atomic mass is 9.91.